The number of hydrogen-bond acceptors (Lipinski definition) is 4. The van der Waals surface area contributed by atoms with Gasteiger partial charge in [-0.1, -0.05) is 12.1 Å². The zero-order valence-electron chi connectivity index (χ0n) is 12.4. The van der Waals surface area contributed by atoms with Crippen molar-refractivity contribution in [1.82, 2.24) is 5.32 Å². The highest BCUT2D eigenvalue weighted by atomic mass is 32.2. The molecular formula is C15H20N2O2S2. The van der Waals surface area contributed by atoms with Crippen LogP contribution in [0.2, 0.25) is 0 Å². The van der Waals surface area contributed by atoms with Gasteiger partial charge in [-0.25, -0.2) is 0 Å². The highest BCUT2D eigenvalue weighted by Crippen LogP contribution is 2.34. The lowest BCUT2D eigenvalue weighted by Crippen LogP contribution is -2.33. The normalized spacial score (nSPS) is 14.0. The highest BCUT2D eigenvalue weighted by Gasteiger charge is 2.18. The van der Waals surface area contributed by atoms with Gasteiger partial charge in [-0.15, -0.1) is 11.3 Å². The summed E-state index contributed by atoms with van der Waals surface area (Å²) in [5.74, 6) is 0.434. The van der Waals surface area contributed by atoms with Crippen molar-refractivity contribution in [1.29, 1.82) is 0 Å². The number of amides is 1. The third kappa shape index (κ3) is 3.83. The minimum atomic E-state index is -0.838. The van der Waals surface area contributed by atoms with Crippen LogP contribution >= 0.6 is 11.3 Å². The number of carbonyl (C=O) groups is 1. The average molecular weight is 324 g/mol. The summed E-state index contributed by atoms with van der Waals surface area (Å²) in [6, 6.07) is 5.97. The lowest BCUT2D eigenvalue weighted by Gasteiger charge is -2.12. The molecule has 1 heterocycles. The summed E-state index contributed by atoms with van der Waals surface area (Å²) in [7, 11) is -0.838. The monoisotopic (exact) mass is 324 g/mol. The van der Waals surface area contributed by atoms with Crippen molar-refractivity contribution in [2.45, 2.75) is 26.3 Å². The van der Waals surface area contributed by atoms with Gasteiger partial charge >= 0.3 is 0 Å². The fraction of sp³-hybridized carbons (Fsp3) is 0.400. The Bertz CT molecular complexity index is 694. The molecule has 0 aliphatic heterocycles. The summed E-state index contributed by atoms with van der Waals surface area (Å²) in [6.45, 7) is 3.93. The zero-order chi connectivity index (χ0) is 15.6. The molecule has 6 heteroatoms. The van der Waals surface area contributed by atoms with E-state index in [4.69, 9.17) is 5.73 Å². The lowest BCUT2D eigenvalue weighted by molar-refractivity contribution is 0.0944. The van der Waals surface area contributed by atoms with E-state index in [0.717, 1.165) is 15.6 Å². The Hall–Kier alpha value is -1.40. The predicted octanol–water partition coefficient (Wildman–Crippen LogP) is 2.68. The number of fused-ring (bicyclic) bond motifs is 1. The van der Waals surface area contributed by atoms with Crippen LogP contribution in [0, 0.1) is 6.92 Å². The van der Waals surface area contributed by atoms with Crippen LogP contribution in [-0.4, -0.2) is 28.2 Å². The van der Waals surface area contributed by atoms with Crippen molar-refractivity contribution < 1.29 is 9.00 Å². The predicted molar refractivity (Wildman–Crippen MR) is 91.5 cm³/mol. The Morgan fingerprint density at radius 3 is 2.86 bits per heavy atom. The van der Waals surface area contributed by atoms with Gasteiger partial charge in [0.05, 0.1) is 5.69 Å². The number of hydrogen-bond donors (Lipinski definition) is 2. The molecule has 0 saturated heterocycles. The molecule has 0 spiro atoms. The van der Waals surface area contributed by atoms with Crippen molar-refractivity contribution in [3.05, 3.63) is 28.6 Å². The van der Waals surface area contributed by atoms with Crippen molar-refractivity contribution in [2.75, 3.05) is 17.7 Å². The van der Waals surface area contributed by atoms with Crippen LogP contribution in [0.1, 0.15) is 28.6 Å². The summed E-state index contributed by atoms with van der Waals surface area (Å²) in [5, 5.41) is 3.85. The molecule has 1 amide bonds. The maximum atomic E-state index is 12.3. The Morgan fingerprint density at radius 1 is 1.48 bits per heavy atom. The van der Waals surface area contributed by atoms with Crippen LogP contribution in [0.25, 0.3) is 10.1 Å². The van der Waals surface area contributed by atoms with E-state index in [9.17, 15) is 9.00 Å². The first-order chi connectivity index (χ1) is 9.88. The number of thiophene rings is 1. The van der Waals surface area contributed by atoms with Crippen molar-refractivity contribution in [2.24, 2.45) is 0 Å². The summed E-state index contributed by atoms with van der Waals surface area (Å²) >= 11 is 1.42. The molecule has 2 unspecified atom stereocenters. The Labute approximate surface area is 131 Å². The molecule has 2 atom stereocenters. The molecule has 0 saturated carbocycles. The molecular weight excluding hydrogens is 304 g/mol. The van der Waals surface area contributed by atoms with E-state index in [-0.39, 0.29) is 11.9 Å². The largest absolute Gasteiger partial charge is 0.397 e. The summed E-state index contributed by atoms with van der Waals surface area (Å²) in [6.07, 6.45) is 2.36. The van der Waals surface area contributed by atoms with Gasteiger partial charge in [-0.05, 0) is 31.9 Å². The quantitative estimate of drug-likeness (QED) is 0.888. The Morgan fingerprint density at radius 2 is 2.19 bits per heavy atom. The van der Waals surface area contributed by atoms with Crippen LogP contribution in [0.15, 0.2) is 18.2 Å². The third-order valence-corrected chi connectivity index (χ3v) is 5.28. The van der Waals surface area contributed by atoms with Crippen LogP contribution in [0.4, 0.5) is 5.69 Å². The van der Waals surface area contributed by atoms with Gasteiger partial charge in [0.25, 0.3) is 5.91 Å². The second-order valence-electron chi connectivity index (χ2n) is 5.28. The van der Waals surface area contributed by atoms with Crippen LogP contribution in [0.5, 0.6) is 0 Å². The van der Waals surface area contributed by atoms with Gasteiger partial charge in [-0.2, -0.15) is 0 Å². The molecule has 0 aliphatic carbocycles. The van der Waals surface area contributed by atoms with E-state index in [0.29, 0.717) is 22.7 Å². The topological polar surface area (TPSA) is 72.2 Å². The first-order valence-electron chi connectivity index (χ1n) is 6.78. The number of carbonyl (C=O) groups excluding carboxylic acids is 1. The fourth-order valence-electron chi connectivity index (χ4n) is 2.10. The van der Waals surface area contributed by atoms with Gasteiger partial charge < -0.3 is 11.1 Å². The Kier molecular flexibility index (Phi) is 5.00. The van der Waals surface area contributed by atoms with Crippen LogP contribution in [0.3, 0.4) is 0 Å². The van der Waals surface area contributed by atoms with Gasteiger partial charge in [0.15, 0.2) is 0 Å². The molecule has 0 radical (unpaired) electrons. The van der Waals surface area contributed by atoms with E-state index in [2.05, 4.69) is 5.32 Å². The molecule has 21 heavy (non-hydrogen) atoms. The zero-order valence-corrected chi connectivity index (χ0v) is 14.1. The number of benzene rings is 1. The summed E-state index contributed by atoms with van der Waals surface area (Å²) in [4.78, 5) is 12.9. The molecule has 3 N–H and O–H groups in total. The number of rotatable bonds is 5. The van der Waals surface area contributed by atoms with Crippen LogP contribution < -0.4 is 11.1 Å². The minimum absolute atomic E-state index is 0.0206. The molecule has 0 aliphatic rings. The minimum Gasteiger partial charge on any atom is -0.397 e. The van der Waals surface area contributed by atoms with Crippen molar-refractivity contribution in [3.63, 3.8) is 0 Å². The standard InChI is InChI=1S/C15H20N2O2S2/c1-9-4-5-11-12(8-9)20-14(13(11)16)15(18)17-10(2)6-7-21(3)19/h4-5,8,10H,6-7,16H2,1-3H3,(H,17,18). The van der Waals surface area contributed by atoms with Gasteiger partial charge in [0.1, 0.15) is 4.88 Å². The second-order valence-corrected chi connectivity index (χ2v) is 7.89. The number of nitrogen functional groups attached to an aromatic ring is 1. The van der Waals surface area contributed by atoms with Gasteiger partial charge in [0.2, 0.25) is 0 Å². The third-order valence-electron chi connectivity index (χ3n) is 3.31. The molecule has 2 rings (SSSR count). The first-order valence-corrected chi connectivity index (χ1v) is 9.32. The SMILES string of the molecule is Cc1ccc2c(N)c(C(=O)NC(C)CCS(C)=O)sc2c1. The number of nitrogens with two attached hydrogens (primary N) is 1. The van der Waals surface area contributed by atoms with Crippen molar-refractivity contribution >= 4 is 43.8 Å². The lowest BCUT2D eigenvalue weighted by atomic mass is 10.1. The van der Waals surface area contributed by atoms with E-state index in [1.54, 1.807) is 6.26 Å². The van der Waals surface area contributed by atoms with Crippen LogP contribution in [-0.2, 0) is 10.8 Å². The summed E-state index contributed by atoms with van der Waals surface area (Å²) < 4.78 is 12.1. The van der Waals surface area contributed by atoms with E-state index in [1.165, 1.54) is 11.3 Å². The molecule has 1 aromatic heterocycles. The van der Waals surface area contributed by atoms with Gasteiger partial charge in [-0.3, -0.25) is 9.00 Å². The second kappa shape index (κ2) is 6.58. The molecule has 4 nitrogen and oxygen atoms in total. The smallest absolute Gasteiger partial charge is 0.263 e. The Balaban J connectivity index is 2.16. The number of anilines is 1. The van der Waals surface area contributed by atoms with Gasteiger partial charge in [0, 0.05) is 38.9 Å². The first kappa shape index (κ1) is 16.0. The number of nitrogens with one attached hydrogen (secondary N) is 1. The maximum absolute atomic E-state index is 12.3. The summed E-state index contributed by atoms with van der Waals surface area (Å²) in [5.41, 5.74) is 7.78. The molecule has 0 bridgehead atoms. The van der Waals surface area contributed by atoms with E-state index in [1.807, 2.05) is 32.0 Å². The maximum Gasteiger partial charge on any atom is 0.263 e. The molecule has 1 aromatic carbocycles. The molecule has 114 valence electrons. The average Bonchev–Trinajstić information content (AvgIpc) is 2.73. The molecule has 0 fully saturated rings. The fourth-order valence-corrected chi connectivity index (χ4v) is 3.91. The van der Waals surface area contributed by atoms with E-state index < -0.39 is 10.8 Å². The highest BCUT2D eigenvalue weighted by molar-refractivity contribution is 7.84. The van der Waals surface area contributed by atoms with E-state index >= 15 is 0 Å². The van der Waals surface area contributed by atoms with Crippen molar-refractivity contribution in [3.8, 4) is 0 Å². The number of aryl methyl sites for hydroxylation is 1. The molecule has 2 aromatic rings.